The largest absolute Gasteiger partial charge is 0.379 e. The molecule has 1 atom stereocenters. The highest BCUT2D eigenvalue weighted by molar-refractivity contribution is 8.55. The third-order valence-corrected chi connectivity index (χ3v) is 6.94. The molecule has 4 nitrogen and oxygen atoms in total. The van der Waals surface area contributed by atoms with E-state index in [1.165, 1.54) is 11.4 Å². The van der Waals surface area contributed by atoms with E-state index >= 15 is 0 Å². The molecule has 0 aromatic heterocycles. The number of morpholine rings is 1. The van der Waals surface area contributed by atoms with Gasteiger partial charge in [0.1, 0.15) is 0 Å². The molecule has 6 heteroatoms. The van der Waals surface area contributed by atoms with Gasteiger partial charge in [0, 0.05) is 18.8 Å². The summed E-state index contributed by atoms with van der Waals surface area (Å²) < 4.78 is 24.9. The molecular formula is C8H18NO3PS. The Kier molecular flexibility index (Phi) is 5.49. The van der Waals surface area contributed by atoms with E-state index in [9.17, 15) is 4.57 Å². The minimum Gasteiger partial charge on any atom is -0.379 e. The lowest BCUT2D eigenvalue weighted by Gasteiger charge is -2.32. The van der Waals surface area contributed by atoms with Crippen molar-refractivity contribution in [3.63, 3.8) is 0 Å². The summed E-state index contributed by atoms with van der Waals surface area (Å²) in [5.74, 6) is 0.814. The van der Waals surface area contributed by atoms with Gasteiger partial charge in [0.25, 0.3) is 0 Å². The zero-order valence-corrected chi connectivity index (χ0v) is 10.5. The van der Waals surface area contributed by atoms with Crippen LogP contribution in [-0.2, 0) is 13.8 Å². The van der Waals surface area contributed by atoms with Gasteiger partial charge in [0.15, 0.2) is 0 Å². The van der Waals surface area contributed by atoms with Crippen LogP contribution in [0.15, 0.2) is 0 Å². The first kappa shape index (κ1) is 12.5. The number of hydrogen-bond donors (Lipinski definition) is 0. The first-order chi connectivity index (χ1) is 6.73. The molecule has 0 amide bonds. The highest BCUT2D eigenvalue weighted by Crippen LogP contribution is 2.62. The minimum atomic E-state index is -2.62. The monoisotopic (exact) mass is 239 g/mol. The fraction of sp³-hybridized carbons (Fsp3) is 1.00. The Morgan fingerprint density at radius 2 is 2.07 bits per heavy atom. The molecule has 14 heavy (non-hydrogen) atoms. The minimum absolute atomic E-state index is 0.502. The third kappa shape index (κ3) is 3.24. The zero-order chi connectivity index (χ0) is 10.4. The van der Waals surface area contributed by atoms with Crippen LogP contribution in [0.4, 0.5) is 0 Å². The molecular weight excluding hydrogens is 221 g/mol. The van der Waals surface area contributed by atoms with Crippen LogP contribution in [0.3, 0.4) is 0 Å². The Morgan fingerprint density at radius 1 is 1.43 bits per heavy atom. The molecule has 1 unspecified atom stereocenters. The van der Waals surface area contributed by atoms with Crippen molar-refractivity contribution in [2.24, 2.45) is 0 Å². The van der Waals surface area contributed by atoms with E-state index in [0.29, 0.717) is 32.9 Å². The highest BCUT2D eigenvalue weighted by Gasteiger charge is 2.32. The Bertz CT molecular complexity index is 199. The van der Waals surface area contributed by atoms with E-state index < -0.39 is 6.72 Å². The summed E-state index contributed by atoms with van der Waals surface area (Å²) in [6.07, 6.45) is 0. The summed E-state index contributed by atoms with van der Waals surface area (Å²) in [5.41, 5.74) is 0. The van der Waals surface area contributed by atoms with Crippen molar-refractivity contribution in [2.45, 2.75) is 13.8 Å². The van der Waals surface area contributed by atoms with E-state index in [1.807, 2.05) is 18.5 Å². The Labute approximate surface area is 89.6 Å². The fourth-order valence-electron chi connectivity index (χ4n) is 1.33. The predicted octanol–water partition coefficient (Wildman–Crippen LogP) is 2.22. The lowest BCUT2D eigenvalue weighted by molar-refractivity contribution is 0.0671. The van der Waals surface area contributed by atoms with Gasteiger partial charge in [-0.15, -0.1) is 0 Å². The molecule has 0 aromatic rings. The number of nitrogens with zero attached hydrogens (tertiary/aromatic N) is 1. The van der Waals surface area contributed by atoms with Gasteiger partial charge < -0.3 is 9.26 Å². The van der Waals surface area contributed by atoms with Crippen molar-refractivity contribution in [2.75, 3.05) is 38.7 Å². The zero-order valence-electron chi connectivity index (χ0n) is 8.77. The lowest BCUT2D eigenvalue weighted by atomic mass is 10.5. The van der Waals surface area contributed by atoms with Gasteiger partial charge in [-0.3, -0.25) is 4.57 Å². The Hall–Kier alpha value is 0.460. The van der Waals surface area contributed by atoms with Crippen LogP contribution < -0.4 is 0 Å². The molecule has 0 aliphatic carbocycles. The van der Waals surface area contributed by atoms with E-state index in [-0.39, 0.29) is 0 Å². The molecule has 1 aliphatic rings. The maximum absolute atomic E-state index is 12.4. The maximum Gasteiger partial charge on any atom is 0.329 e. The van der Waals surface area contributed by atoms with Crippen LogP contribution >= 0.6 is 18.1 Å². The van der Waals surface area contributed by atoms with Gasteiger partial charge in [-0.05, 0) is 6.92 Å². The number of hydrogen-bond acceptors (Lipinski definition) is 4. The van der Waals surface area contributed by atoms with Crippen molar-refractivity contribution >= 4 is 18.1 Å². The predicted molar refractivity (Wildman–Crippen MR) is 59.8 cm³/mol. The van der Waals surface area contributed by atoms with Crippen molar-refractivity contribution in [1.29, 1.82) is 0 Å². The lowest BCUT2D eigenvalue weighted by Crippen LogP contribution is -2.33. The summed E-state index contributed by atoms with van der Waals surface area (Å²) in [7, 11) is 0. The second-order valence-electron chi connectivity index (χ2n) is 2.87. The fourth-order valence-corrected chi connectivity index (χ4v) is 5.53. The summed E-state index contributed by atoms with van der Waals surface area (Å²) in [6.45, 7) is 4.49. The molecule has 1 heterocycles. The molecule has 0 aromatic carbocycles. The SMILES string of the molecule is CCOP(=O)(SCC)N1CCOCC1. The van der Waals surface area contributed by atoms with E-state index in [0.717, 1.165) is 5.75 Å². The molecule has 1 saturated heterocycles. The van der Waals surface area contributed by atoms with Gasteiger partial charge in [-0.25, -0.2) is 4.67 Å². The molecule has 1 aliphatic heterocycles. The molecule has 0 spiro atoms. The molecule has 0 saturated carbocycles. The van der Waals surface area contributed by atoms with Crippen molar-refractivity contribution in [1.82, 2.24) is 4.67 Å². The van der Waals surface area contributed by atoms with Gasteiger partial charge in [-0.2, -0.15) is 0 Å². The summed E-state index contributed by atoms with van der Waals surface area (Å²) >= 11 is 1.41. The third-order valence-electron chi connectivity index (χ3n) is 1.92. The van der Waals surface area contributed by atoms with Crippen LogP contribution in [-0.4, -0.2) is 43.3 Å². The van der Waals surface area contributed by atoms with Crippen LogP contribution in [0.1, 0.15) is 13.8 Å². The molecule has 1 fully saturated rings. The molecule has 0 radical (unpaired) electrons. The van der Waals surface area contributed by atoms with Crippen molar-refractivity contribution in [3.05, 3.63) is 0 Å². The highest BCUT2D eigenvalue weighted by atomic mass is 32.7. The van der Waals surface area contributed by atoms with E-state index in [4.69, 9.17) is 9.26 Å². The maximum atomic E-state index is 12.4. The van der Waals surface area contributed by atoms with Gasteiger partial charge in [-0.1, -0.05) is 18.3 Å². The van der Waals surface area contributed by atoms with Crippen LogP contribution in [0, 0.1) is 0 Å². The van der Waals surface area contributed by atoms with Gasteiger partial charge in [0.2, 0.25) is 0 Å². The second kappa shape index (κ2) is 6.13. The smallest absolute Gasteiger partial charge is 0.329 e. The molecule has 84 valence electrons. The van der Waals surface area contributed by atoms with Crippen LogP contribution in [0.25, 0.3) is 0 Å². The Balaban J connectivity index is 2.59. The standard InChI is InChI=1S/C8H18NO3PS/c1-3-12-13(10,14-4-2)9-5-7-11-8-6-9/h3-8H2,1-2H3. The first-order valence-corrected chi connectivity index (χ1v) is 8.12. The average Bonchev–Trinajstić information content (AvgIpc) is 2.20. The summed E-state index contributed by atoms with van der Waals surface area (Å²) in [5, 5.41) is 0. The number of rotatable bonds is 5. The topological polar surface area (TPSA) is 38.8 Å². The van der Waals surface area contributed by atoms with Gasteiger partial charge in [0.05, 0.1) is 19.8 Å². The Morgan fingerprint density at radius 3 is 2.57 bits per heavy atom. The van der Waals surface area contributed by atoms with Crippen LogP contribution in [0.2, 0.25) is 0 Å². The van der Waals surface area contributed by atoms with E-state index in [2.05, 4.69) is 0 Å². The molecule has 0 N–H and O–H groups in total. The second-order valence-corrected chi connectivity index (χ2v) is 7.63. The quantitative estimate of drug-likeness (QED) is 0.688. The molecule has 0 bridgehead atoms. The summed E-state index contributed by atoms with van der Waals surface area (Å²) in [4.78, 5) is 0. The molecule has 1 rings (SSSR count). The number of ether oxygens (including phenoxy) is 1. The van der Waals surface area contributed by atoms with Crippen LogP contribution in [0.5, 0.6) is 0 Å². The average molecular weight is 239 g/mol. The summed E-state index contributed by atoms with van der Waals surface area (Å²) in [6, 6.07) is 0. The van der Waals surface area contributed by atoms with Crippen molar-refractivity contribution in [3.8, 4) is 0 Å². The normalized spacial score (nSPS) is 23.3. The van der Waals surface area contributed by atoms with E-state index in [1.54, 1.807) is 0 Å². The van der Waals surface area contributed by atoms with Crippen molar-refractivity contribution < 1.29 is 13.8 Å². The van der Waals surface area contributed by atoms with Gasteiger partial charge >= 0.3 is 6.72 Å². The first-order valence-electron chi connectivity index (χ1n) is 4.95.